The van der Waals surface area contributed by atoms with Crippen LogP contribution in [-0.4, -0.2) is 50.8 Å². The number of hydrogen-bond acceptors (Lipinski definition) is 6. The van der Waals surface area contributed by atoms with Crippen LogP contribution in [-0.2, 0) is 11.8 Å². The van der Waals surface area contributed by atoms with E-state index in [2.05, 4.69) is 15.3 Å². The number of carbonyl (C=O) groups excluding carboxylic acids is 1. The van der Waals surface area contributed by atoms with Gasteiger partial charge < -0.3 is 15.0 Å². The smallest absolute Gasteiger partial charge is 0.410 e. The van der Waals surface area contributed by atoms with E-state index in [4.69, 9.17) is 4.74 Å². The van der Waals surface area contributed by atoms with Gasteiger partial charge in [-0.1, -0.05) is 0 Å². The quantitative estimate of drug-likeness (QED) is 0.870. The van der Waals surface area contributed by atoms with Crippen molar-refractivity contribution in [3.63, 3.8) is 0 Å². The van der Waals surface area contributed by atoms with Crippen molar-refractivity contribution in [2.45, 2.75) is 32.8 Å². The van der Waals surface area contributed by atoms with Crippen molar-refractivity contribution in [3.8, 4) is 11.3 Å². The van der Waals surface area contributed by atoms with Crippen molar-refractivity contribution in [2.24, 2.45) is 13.0 Å². The molecule has 150 valence electrons. The number of carbonyl (C=O) groups is 1. The fraction of sp³-hybridized carbons (Fsp3) is 0.500. The number of anilines is 1. The molecule has 1 amide bonds. The second kappa shape index (κ2) is 8.00. The lowest BCUT2D eigenvalue weighted by atomic mass is 10.1. The van der Waals surface area contributed by atoms with Gasteiger partial charge in [-0.3, -0.25) is 14.3 Å². The molecule has 1 aliphatic heterocycles. The second-order valence-corrected chi connectivity index (χ2v) is 8.06. The van der Waals surface area contributed by atoms with Crippen LogP contribution in [0.2, 0.25) is 0 Å². The average Bonchev–Trinajstić information content (AvgIpc) is 3.11. The molecule has 28 heavy (non-hydrogen) atoms. The fourth-order valence-corrected chi connectivity index (χ4v) is 3.10. The van der Waals surface area contributed by atoms with E-state index in [9.17, 15) is 9.59 Å². The molecule has 1 atom stereocenters. The number of nitrogens with zero attached hydrogens (tertiary/aromatic N) is 4. The minimum atomic E-state index is -0.497. The summed E-state index contributed by atoms with van der Waals surface area (Å²) >= 11 is 0. The number of pyridine rings is 1. The molecule has 0 bridgehead atoms. The van der Waals surface area contributed by atoms with Gasteiger partial charge in [0.1, 0.15) is 5.60 Å². The van der Waals surface area contributed by atoms with Crippen LogP contribution in [0.4, 0.5) is 10.7 Å². The molecule has 0 saturated carbocycles. The van der Waals surface area contributed by atoms with E-state index in [0.29, 0.717) is 31.3 Å². The number of amides is 1. The number of rotatable bonds is 4. The van der Waals surface area contributed by atoms with Gasteiger partial charge in [0.05, 0.1) is 5.69 Å². The first-order valence-electron chi connectivity index (χ1n) is 9.43. The summed E-state index contributed by atoms with van der Waals surface area (Å²) in [5.41, 5.74) is 0.817. The molecule has 1 saturated heterocycles. The predicted octanol–water partition coefficient (Wildman–Crippen LogP) is 2.51. The van der Waals surface area contributed by atoms with Crippen LogP contribution >= 0.6 is 0 Å². The minimum Gasteiger partial charge on any atom is -0.444 e. The van der Waals surface area contributed by atoms with Crippen LogP contribution in [0.1, 0.15) is 27.2 Å². The number of likely N-dealkylation sites (tertiary alicyclic amines) is 1. The maximum atomic E-state index is 12.3. The Kier molecular flexibility index (Phi) is 5.67. The summed E-state index contributed by atoms with van der Waals surface area (Å²) in [7, 11) is 1.69. The maximum absolute atomic E-state index is 12.3. The molecule has 1 aliphatic rings. The van der Waals surface area contributed by atoms with Crippen LogP contribution in [0.25, 0.3) is 11.3 Å². The van der Waals surface area contributed by atoms with Gasteiger partial charge in [0.2, 0.25) is 5.95 Å². The highest BCUT2D eigenvalue weighted by molar-refractivity contribution is 5.68. The van der Waals surface area contributed by atoms with Gasteiger partial charge in [0.25, 0.3) is 5.56 Å². The van der Waals surface area contributed by atoms with Crippen molar-refractivity contribution >= 4 is 12.0 Å². The van der Waals surface area contributed by atoms with Gasteiger partial charge in [0, 0.05) is 50.7 Å². The zero-order valence-corrected chi connectivity index (χ0v) is 16.8. The molecule has 0 radical (unpaired) electrons. The highest BCUT2D eigenvalue weighted by Gasteiger charge is 2.29. The SMILES string of the molecule is Cn1c(NC[C@H]2CCN(C(=O)OC(C)(C)C)C2)nc(-c2ccncc2)cc1=O. The van der Waals surface area contributed by atoms with Gasteiger partial charge in [-0.25, -0.2) is 9.78 Å². The lowest BCUT2D eigenvalue weighted by Crippen LogP contribution is -2.35. The Morgan fingerprint density at radius 2 is 2.04 bits per heavy atom. The Morgan fingerprint density at radius 1 is 1.32 bits per heavy atom. The van der Waals surface area contributed by atoms with E-state index in [1.54, 1.807) is 24.3 Å². The molecule has 3 rings (SSSR count). The fourth-order valence-electron chi connectivity index (χ4n) is 3.10. The van der Waals surface area contributed by atoms with Crippen molar-refractivity contribution in [1.29, 1.82) is 0 Å². The van der Waals surface area contributed by atoms with E-state index in [1.807, 2.05) is 32.9 Å². The van der Waals surface area contributed by atoms with E-state index in [-0.39, 0.29) is 17.6 Å². The first kappa shape index (κ1) is 19.9. The molecule has 1 fully saturated rings. The molecule has 0 aromatic carbocycles. The van der Waals surface area contributed by atoms with Crippen LogP contribution in [0.3, 0.4) is 0 Å². The van der Waals surface area contributed by atoms with E-state index >= 15 is 0 Å². The lowest BCUT2D eigenvalue weighted by molar-refractivity contribution is 0.0289. The Labute approximate surface area is 164 Å². The van der Waals surface area contributed by atoms with Crippen molar-refractivity contribution in [3.05, 3.63) is 40.9 Å². The zero-order valence-electron chi connectivity index (χ0n) is 16.8. The molecular formula is C20H27N5O3. The van der Waals surface area contributed by atoms with Gasteiger partial charge in [-0.05, 0) is 45.2 Å². The van der Waals surface area contributed by atoms with Gasteiger partial charge >= 0.3 is 6.09 Å². The van der Waals surface area contributed by atoms with Crippen LogP contribution in [0, 0.1) is 5.92 Å². The van der Waals surface area contributed by atoms with E-state index in [1.165, 1.54) is 10.6 Å². The van der Waals surface area contributed by atoms with Crippen molar-refractivity contribution < 1.29 is 9.53 Å². The van der Waals surface area contributed by atoms with Crippen molar-refractivity contribution in [2.75, 3.05) is 25.0 Å². The van der Waals surface area contributed by atoms with E-state index in [0.717, 1.165) is 12.0 Å². The van der Waals surface area contributed by atoms with Crippen molar-refractivity contribution in [1.82, 2.24) is 19.4 Å². The molecule has 3 heterocycles. The molecule has 0 spiro atoms. The third-order valence-electron chi connectivity index (χ3n) is 4.60. The maximum Gasteiger partial charge on any atom is 0.410 e. The summed E-state index contributed by atoms with van der Waals surface area (Å²) in [6.45, 7) is 7.51. The molecule has 8 nitrogen and oxygen atoms in total. The number of aromatic nitrogens is 3. The Bertz CT molecular complexity index is 889. The lowest BCUT2D eigenvalue weighted by Gasteiger charge is -2.24. The molecule has 0 unspecified atom stereocenters. The first-order chi connectivity index (χ1) is 13.2. The molecular weight excluding hydrogens is 358 g/mol. The third-order valence-corrected chi connectivity index (χ3v) is 4.60. The van der Waals surface area contributed by atoms with Crippen LogP contribution in [0.5, 0.6) is 0 Å². The Morgan fingerprint density at radius 3 is 2.71 bits per heavy atom. The summed E-state index contributed by atoms with van der Waals surface area (Å²) in [5.74, 6) is 0.782. The summed E-state index contributed by atoms with van der Waals surface area (Å²) < 4.78 is 6.93. The zero-order chi connectivity index (χ0) is 20.3. The highest BCUT2D eigenvalue weighted by atomic mass is 16.6. The summed E-state index contributed by atoms with van der Waals surface area (Å²) in [6.07, 6.45) is 3.95. The number of nitrogens with one attached hydrogen (secondary N) is 1. The van der Waals surface area contributed by atoms with Crippen LogP contribution < -0.4 is 10.9 Å². The van der Waals surface area contributed by atoms with Gasteiger partial charge in [-0.2, -0.15) is 0 Å². The van der Waals surface area contributed by atoms with Gasteiger partial charge in [0.15, 0.2) is 0 Å². The molecule has 2 aromatic heterocycles. The molecule has 1 N–H and O–H groups in total. The number of hydrogen-bond donors (Lipinski definition) is 1. The first-order valence-corrected chi connectivity index (χ1v) is 9.43. The Hall–Kier alpha value is -2.90. The standard InChI is InChI=1S/C20H27N5O3/c1-20(2,3)28-19(27)25-10-7-14(13-25)12-22-18-23-16(11-17(26)24(18)4)15-5-8-21-9-6-15/h5-6,8-9,11,14H,7,10,12-13H2,1-4H3,(H,22,23)/t14-/m1/s1. The van der Waals surface area contributed by atoms with Gasteiger partial charge in [-0.15, -0.1) is 0 Å². The predicted molar refractivity (Wildman–Crippen MR) is 107 cm³/mol. The molecule has 0 aliphatic carbocycles. The topological polar surface area (TPSA) is 89.3 Å². The highest BCUT2D eigenvalue weighted by Crippen LogP contribution is 2.20. The average molecular weight is 385 g/mol. The molecule has 8 heteroatoms. The third kappa shape index (κ3) is 4.88. The molecule has 2 aromatic rings. The monoisotopic (exact) mass is 385 g/mol. The normalized spacial score (nSPS) is 16.9. The summed E-state index contributed by atoms with van der Waals surface area (Å²) in [4.78, 5) is 34.8. The second-order valence-electron chi connectivity index (χ2n) is 8.06. The van der Waals surface area contributed by atoms with E-state index < -0.39 is 5.60 Å². The largest absolute Gasteiger partial charge is 0.444 e. The minimum absolute atomic E-state index is 0.133. The summed E-state index contributed by atoms with van der Waals surface area (Å²) in [5, 5.41) is 3.27. The Balaban J connectivity index is 1.64. The number of ether oxygens (including phenoxy) is 1. The summed E-state index contributed by atoms with van der Waals surface area (Å²) in [6, 6.07) is 5.16. The van der Waals surface area contributed by atoms with Crippen LogP contribution in [0.15, 0.2) is 35.4 Å².